The second kappa shape index (κ2) is 13.7. The standard InChI is InChI=1S/C28H30BrCl2N3O4S/c1-19(2)16-32-28(36)20(3)33(17-21-9-11-22(29)12-10-21)27(35)18-34(26-15-23(30)13-14-25(26)31)39(37,38)24-7-5-4-6-8-24/h4-15,19-20H,16-18H2,1-3H3,(H,32,36). The van der Waals surface area contributed by atoms with Crippen molar-refractivity contribution in [1.29, 1.82) is 0 Å². The van der Waals surface area contributed by atoms with E-state index in [-0.39, 0.29) is 39.0 Å². The van der Waals surface area contributed by atoms with Crippen LogP contribution in [-0.2, 0) is 26.2 Å². The highest BCUT2D eigenvalue weighted by Crippen LogP contribution is 2.33. The molecular formula is C28H30BrCl2N3O4S. The third-order valence-corrected chi connectivity index (χ3v) is 8.76. The minimum Gasteiger partial charge on any atom is -0.354 e. The Labute approximate surface area is 248 Å². The fourth-order valence-corrected chi connectivity index (χ4v) is 5.88. The maximum absolute atomic E-state index is 13.9. The molecule has 3 aromatic carbocycles. The third-order valence-electron chi connectivity index (χ3n) is 5.90. The van der Waals surface area contributed by atoms with Crippen LogP contribution in [0.3, 0.4) is 0 Å². The molecule has 1 unspecified atom stereocenters. The Morgan fingerprint density at radius 3 is 2.21 bits per heavy atom. The van der Waals surface area contributed by atoms with E-state index in [4.69, 9.17) is 23.2 Å². The average Bonchev–Trinajstić information content (AvgIpc) is 2.91. The van der Waals surface area contributed by atoms with Crippen LogP contribution in [0.25, 0.3) is 0 Å². The topological polar surface area (TPSA) is 86.8 Å². The summed E-state index contributed by atoms with van der Waals surface area (Å²) in [5, 5.41) is 3.22. The van der Waals surface area contributed by atoms with E-state index in [1.54, 1.807) is 25.1 Å². The van der Waals surface area contributed by atoms with Gasteiger partial charge in [-0.1, -0.05) is 83.3 Å². The Morgan fingerprint density at radius 1 is 0.949 bits per heavy atom. The summed E-state index contributed by atoms with van der Waals surface area (Å²) >= 11 is 16.0. The molecule has 39 heavy (non-hydrogen) atoms. The van der Waals surface area contributed by atoms with Gasteiger partial charge in [0.2, 0.25) is 11.8 Å². The van der Waals surface area contributed by atoms with Crippen LogP contribution >= 0.6 is 39.1 Å². The molecule has 0 fully saturated rings. The molecule has 0 saturated heterocycles. The summed E-state index contributed by atoms with van der Waals surface area (Å²) in [6, 6.07) is 18.6. The number of sulfonamides is 1. The van der Waals surface area contributed by atoms with Crippen molar-refractivity contribution >= 4 is 66.7 Å². The summed E-state index contributed by atoms with van der Waals surface area (Å²) in [7, 11) is -4.23. The molecule has 3 rings (SSSR count). The number of carbonyl (C=O) groups excluding carboxylic acids is 2. The number of halogens is 3. The van der Waals surface area contributed by atoms with Crippen molar-refractivity contribution < 1.29 is 18.0 Å². The van der Waals surface area contributed by atoms with Crippen molar-refractivity contribution in [2.45, 2.75) is 38.3 Å². The lowest BCUT2D eigenvalue weighted by Crippen LogP contribution is -2.51. The number of nitrogens with one attached hydrogen (secondary N) is 1. The summed E-state index contributed by atoms with van der Waals surface area (Å²) in [4.78, 5) is 28.3. The van der Waals surface area contributed by atoms with Gasteiger partial charge in [-0.2, -0.15) is 0 Å². The SMILES string of the molecule is CC(C)CNC(=O)C(C)N(Cc1ccc(Br)cc1)C(=O)CN(c1cc(Cl)ccc1Cl)S(=O)(=O)c1ccccc1. The molecule has 0 saturated carbocycles. The van der Waals surface area contributed by atoms with Gasteiger partial charge >= 0.3 is 0 Å². The van der Waals surface area contributed by atoms with Crippen molar-refractivity contribution in [2.24, 2.45) is 5.92 Å². The number of benzene rings is 3. The minimum atomic E-state index is -4.23. The molecule has 2 amide bonds. The first-order chi connectivity index (χ1) is 18.4. The highest BCUT2D eigenvalue weighted by molar-refractivity contribution is 9.10. The van der Waals surface area contributed by atoms with Crippen LogP contribution in [0.5, 0.6) is 0 Å². The van der Waals surface area contributed by atoms with Gasteiger partial charge in [0.05, 0.1) is 15.6 Å². The first-order valence-corrected chi connectivity index (χ1v) is 15.2. The van der Waals surface area contributed by atoms with E-state index in [0.29, 0.717) is 6.54 Å². The van der Waals surface area contributed by atoms with Crippen molar-refractivity contribution in [3.05, 3.63) is 92.9 Å². The first-order valence-electron chi connectivity index (χ1n) is 12.2. The van der Waals surface area contributed by atoms with Crippen LogP contribution in [0.15, 0.2) is 82.2 Å². The molecule has 0 heterocycles. The van der Waals surface area contributed by atoms with Gasteiger partial charge in [-0.3, -0.25) is 13.9 Å². The molecular weight excluding hydrogens is 625 g/mol. The van der Waals surface area contributed by atoms with E-state index >= 15 is 0 Å². The Balaban J connectivity index is 2.03. The number of anilines is 1. The molecule has 0 aliphatic rings. The van der Waals surface area contributed by atoms with E-state index in [2.05, 4.69) is 21.2 Å². The lowest BCUT2D eigenvalue weighted by molar-refractivity contribution is -0.139. The molecule has 7 nitrogen and oxygen atoms in total. The van der Waals surface area contributed by atoms with Crippen molar-refractivity contribution in [1.82, 2.24) is 10.2 Å². The number of amides is 2. The molecule has 0 radical (unpaired) electrons. The Bertz CT molecular complexity index is 1400. The maximum Gasteiger partial charge on any atom is 0.264 e. The summed E-state index contributed by atoms with van der Waals surface area (Å²) in [5.41, 5.74) is 0.829. The smallest absolute Gasteiger partial charge is 0.264 e. The molecule has 1 atom stereocenters. The van der Waals surface area contributed by atoms with Crippen LogP contribution in [0.2, 0.25) is 10.0 Å². The quantitative estimate of drug-likeness (QED) is 0.269. The van der Waals surface area contributed by atoms with E-state index in [9.17, 15) is 18.0 Å². The molecule has 0 spiro atoms. The number of hydrogen-bond donors (Lipinski definition) is 1. The summed E-state index contributed by atoms with van der Waals surface area (Å²) < 4.78 is 29.4. The van der Waals surface area contributed by atoms with E-state index in [1.165, 1.54) is 35.2 Å². The van der Waals surface area contributed by atoms with E-state index < -0.39 is 28.5 Å². The summed E-state index contributed by atoms with van der Waals surface area (Å²) in [6.45, 7) is 5.49. The molecule has 208 valence electrons. The van der Waals surface area contributed by atoms with Crippen LogP contribution in [-0.4, -0.2) is 44.3 Å². The molecule has 1 N–H and O–H groups in total. The molecule has 0 aliphatic carbocycles. The van der Waals surface area contributed by atoms with E-state index in [1.807, 2.05) is 38.1 Å². The number of rotatable bonds is 11. The lowest BCUT2D eigenvalue weighted by Gasteiger charge is -2.32. The zero-order chi connectivity index (χ0) is 28.7. The first kappa shape index (κ1) is 30.9. The maximum atomic E-state index is 13.9. The monoisotopic (exact) mass is 653 g/mol. The zero-order valence-electron chi connectivity index (χ0n) is 21.8. The van der Waals surface area contributed by atoms with Gasteiger partial charge in [0, 0.05) is 22.6 Å². The van der Waals surface area contributed by atoms with Gasteiger partial charge in [-0.15, -0.1) is 0 Å². The van der Waals surface area contributed by atoms with Crippen molar-refractivity contribution in [2.75, 3.05) is 17.4 Å². The van der Waals surface area contributed by atoms with Gasteiger partial charge in [-0.05, 0) is 60.9 Å². The lowest BCUT2D eigenvalue weighted by atomic mass is 10.1. The van der Waals surface area contributed by atoms with Crippen LogP contribution < -0.4 is 9.62 Å². The van der Waals surface area contributed by atoms with Crippen LogP contribution in [0, 0.1) is 5.92 Å². The third kappa shape index (κ3) is 8.20. The minimum absolute atomic E-state index is 0.0176. The summed E-state index contributed by atoms with van der Waals surface area (Å²) in [6.07, 6.45) is 0. The highest BCUT2D eigenvalue weighted by atomic mass is 79.9. The van der Waals surface area contributed by atoms with Gasteiger partial charge in [0.15, 0.2) is 0 Å². The van der Waals surface area contributed by atoms with Gasteiger partial charge < -0.3 is 10.2 Å². The fraction of sp³-hybridized carbons (Fsp3) is 0.286. The van der Waals surface area contributed by atoms with Gasteiger partial charge in [0.25, 0.3) is 10.0 Å². The van der Waals surface area contributed by atoms with Crippen molar-refractivity contribution in [3.8, 4) is 0 Å². The molecule has 0 bridgehead atoms. The largest absolute Gasteiger partial charge is 0.354 e. The van der Waals surface area contributed by atoms with E-state index in [0.717, 1.165) is 14.3 Å². The molecule has 3 aromatic rings. The van der Waals surface area contributed by atoms with Crippen LogP contribution in [0.1, 0.15) is 26.3 Å². The molecule has 0 aromatic heterocycles. The second-order valence-electron chi connectivity index (χ2n) is 9.38. The Morgan fingerprint density at radius 2 is 1.59 bits per heavy atom. The average molecular weight is 655 g/mol. The Hall–Kier alpha value is -2.59. The van der Waals surface area contributed by atoms with Crippen LogP contribution in [0.4, 0.5) is 5.69 Å². The zero-order valence-corrected chi connectivity index (χ0v) is 25.7. The number of hydrogen-bond acceptors (Lipinski definition) is 4. The molecule has 0 aliphatic heterocycles. The second-order valence-corrected chi connectivity index (χ2v) is 13.0. The fourth-order valence-electron chi connectivity index (χ4n) is 3.73. The highest BCUT2D eigenvalue weighted by Gasteiger charge is 2.33. The van der Waals surface area contributed by atoms with Gasteiger partial charge in [0.1, 0.15) is 12.6 Å². The Kier molecular flexibility index (Phi) is 10.8. The number of nitrogens with zero attached hydrogens (tertiary/aromatic N) is 2. The number of carbonyl (C=O) groups is 2. The predicted molar refractivity (Wildman–Crippen MR) is 159 cm³/mol. The molecule has 11 heteroatoms. The predicted octanol–water partition coefficient (Wildman–Crippen LogP) is 6.14. The normalized spacial score (nSPS) is 12.2. The van der Waals surface area contributed by atoms with Crippen molar-refractivity contribution in [3.63, 3.8) is 0 Å². The van der Waals surface area contributed by atoms with Gasteiger partial charge in [-0.25, -0.2) is 8.42 Å². The summed E-state index contributed by atoms with van der Waals surface area (Å²) in [5.74, 6) is -0.707.